The lowest BCUT2D eigenvalue weighted by Crippen LogP contribution is -2.00. The molecular weight excluding hydrogens is 172 g/mol. The molecule has 0 aliphatic carbocycles. The molecule has 0 amide bonds. The Kier molecular flexibility index (Phi) is 2.41. The number of aryl methyl sites for hydroxylation is 1. The van der Waals surface area contributed by atoms with E-state index in [4.69, 9.17) is 9.84 Å². The first kappa shape index (κ1) is 9.38. The van der Waals surface area contributed by atoms with E-state index in [-0.39, 0.29) is 17.1 Å². The summed E-state index contributed by atoms with van der Waals surface area (Å²) in [5.74, 6) is -0.877. The molecule has 1 aromatic rings. The second-order valence-electron chi connectivity index (χ2n) is 2.64. The molecule has 0 saturated carbocycles. The lowest BCUT2D eigenvalue weighted by molar-refractivity contribution is 0.0693. The molecule has 0 aliphatic rings. The lowest BCUT2D eigenvalue weighted by Gasteiger charge is -2.06. The largest absolute Gasteiger partial charge is 0.508 e. The fourth-order valence-corrected chi connectivity index (χ4v) is 1.01. The van der Waals surface area contributed by atoms with Crippen LogP contribution in [0.3, 0.4) is 0 Å². The van der Waals surface area contributed by atoms with E-state index in [9.17, 15) is 9.90 Å². The maximum Gasteiger partial charge on any atom is 0.339 e. The first-order valence-corrected chi connectivity index (χ1v) is 3.67. The summed E-state index contributed by atoms with van der Waals surface area (Å²) in [7, 11) is 1.36. The Labute approximate surface area is 75.4 Å². The number of hydrogen-bond acceptors (Lipinski definition) is 3. The SMILES string of the molecule is COc1cc(O)c(C)cc1C(=O)O. The van der Waals surface area contributed by atoms with Crippen molar-refractivity contribution in [2.24, 2.45) is 0 Å². The van der Waals surface area contributed by atoms with Crippen molar-refractivity contribution < 1.29 is 19.7 Å². The highest BCUT2D eigenvalue weighted by molar-refractivity contribution is 5.91. The predicted octanol–water partition coefficient (Wildman–Crippen LogP) is 1.41. The third-order valence-corrected chi connectivity index (χ3v) is 1.75. The maximum atomic E-state index is 10.7. The Hall–Kier alpha value is -1.71. The molecule has 0 radical (unpaired) electrons. The van der Waals surface area contributed by atoms with Crippen LogP contribution in [0.4, 0.5) is 0 Å². The minimum atomic E-state index is -1.07. The van der Waals surface area contributed by atoms with E-state index in [1.807, 2.05) is 0 Å². The number of phenolic OH excluding ortho intramolecular Hbond substituents is 1. The average molecular weight is 182 g/mol. The number of rotatable bonds is 2. The molecule has 0 heterocycles. The zero-order valence-electron chi connectivity index (χ0n) is 7.37. The number of carboxylic acids is 1. The van der Waals surface area contributed by atoms with Crippen molar-refractivity contribution in [3.05, 3.63) is 23.3 Å². The summed E-state index contributed by atoms with van der Waals surface area (Å²) < 4.78 is 4.80. The van der Waals surface area contributed by atoms with Gasteiger partial charge in [-0.15, -0.1) is 0 Å². The fourth-order valence-electron chi connectivity index (χ4n) is 1.01. The molecule has 0 bridgehead atoms. The number of aromatic carboxylic acids is 1. The molecule has 4 heteroatoms. The van der Waals surface area contributed by atoms with E-state index < -0.39 is 5.97 Å². The molecular formula is C9H10O4. The van der Waals surface area contributed by atoms with Gasteiger partial charge in [-0.1, -0.05) is 0 Å². The van der Waals surface area contributed by atoms with Crippen LogP contribution in [-0.4, -0.2) is 23.3 Å². The highest BCUT2D eigenvalue weighted by atomic mass is 16.5. The van der Waals surface area contributed by atoms with Gasteiger partial charge in [0.25, 0.3) is 0 Å². The summed E-state index contributed by atoms with van der Waals surface area (Å²) in [5.41, 5.74) is 0.566. The van der Waals surface area contributed by atoms with Crippen molar-refractivity contribution in [2.75, 3.05) is 7.11 Å². The van der Waals surface area contributed by atoms with Gasteiger partial charge in [-0.05, 0) is 18.6 Å². The number of benzene rings is 1. The zero-order chi connectivity index (χ0) is 10.0. The Morgan fingerprint density at radius 1 is 1.46 bits per heavy atom. The van der Waals surface area contributed by atoms with Gasteiger partial charge in [-0.2, -0.15) is 0 Å². The van der Waals surface area contributed by atoms with E-state index in [1.165, 1.54) is 19.2 Å². The minimum Gasteiger partial charge on any atom is -0.508 e. The van der Waals surface area contributed by atoms with Crippen LogP contribution in [0.2, 0.25) is 0 Å². The highest BCUT2D eigenvalue weighted by Gasteiger charge is 2.12. The summed E-state index contributed by atoms with van der Waals surface area (Å²) >= 11 is 0. The molecule has 4 nitrogen and oxygen atoms in total. The van der Waals surface area contributed by atoms with Gasteiger partial charge >= 0.3 is 5.97 Å². The van der Waals surface area contributed by atoms with E-state index in [0.717, 1.165) is 0 Å². The minimum absolute atomic E-state index is 0.0295. The van der Waals surface area contributed by atoms with E-state index >= 15 is 0 Å². The normalized spacial score (nSPS) is 9.69. The Morgan fingerprint density at radius 2 is 2.08 bits per heavy atom. The lowest BCUT2D eigenvalue weighted by atomic mass is 10.1. The van der Waals surface area contributed by atoms with Crippen molar-refractivity contribution in [1.29, 1.82) is 0 Å². The van der Waals surface area contributed by atoms with Crippen molar-refractivity contribution in [3.63, 3.8) is 0 Å². The summed E-state index contributed by atoms with van der Waals surface area (Å²) in [4.78, 5) is 10.7. The van der Waals surface area contributed by atoms with Crippen LogP contribution in [0.15, 0.2) is 12.1 Å². The molecule has 0 atom stereocenters. The van der Waals surface area contributed by atoms with E-state index in [0.29, 0.717) is 5.56 Å². The standard InChI is InChI=1S/C9H10O4/c1-5-3-6(9(11)12)8(13-2)4-7(5)10/h3-4,10H,1-2H3,(H,11,12). The van der Waals surface area contributed by atoms with Gasteiger partial charge < -0.3 is 14.9 Å². The Balaban J connectivity index is 3.33. The van der Waals surface area contributed by atoms with Crippen LogP contribution in [0, 0.1) is 6.92 Å². The molecule has 0 saturated heterocycles. The van der Waals surface area contributed by atoms with Gasteiger partial charge in [0.2, 0.25) is 0 Å². The molecule has 0 unspecified atom stereocenters. The highest BCUT2D eigenvalue weighted by Crippen LogP contribution is 2.27. The second kappa shape index (κ2) is 3.35. The van der Waals surface area contributed by atoms with Gasteiger partial charge in [0.1, 0.15) is 17.1 Å². The van der Waals surface area contributed by atoms with Crippen LogP contribution in [-0.2, 0) is 0 Å². The van der Waals surface area contributed by atoms with E-state index in [1.54, 1.807) is 6.92 Å². The topological polar surface area (TPSA) is 66.8 Å². The summed E-state index contributed by atoms with van der Waals surface area (Å²) in [6.45, 7) is 1.63. The molecule has 0 spiro atoms. The first-order valence-electron chi connectivity index (χ1n) is 3.67. The van der Waals surface area contributed by atoms with Crippen LogP contribution in [0.1, 0.15) is 15.9 Å². The Bertz CT molecular complexity index is 344. The van der Waals surface area contributed by atoms with Crippen LogP contribution < -0.4 is 4.74 Å². The number of methoxy groups -OCH3 is 1. The molecule has 1 rings (SSSR count). The van der Waals surface area contributed by atoms with Gasteiger partial charge in [0, 0.05) is 6.07 Å². The van der Waals surface area contributed by atoms with E-state index in [2.05, 4.69) is 0 Å². The van der Waals surface area contributed by atoms with Gasteiger partial charge in [0.05, 0.1) is 7.11 Å². The van der Waals surface area contributed by atoms with Crippen molar-refractivity contribution in [1.82, 2.24) is 0 Å². The summed E-state index contributed by atoms with van der Waals surface area (Å²) in [6.07, 6.45) is 0. The van der Waals surface area contributed by atoms with Crippen LogP contribution in [0.25, 0.3) is 0 Å². The number of ether oxygens (including phenoxy) is 1. The number of carbonyl (C=O) groups is 1. The van der Waals surface area contributed by atoms with Crippen molar-refractivity contribution in [3.8, 4) is 11.5 Å². The van der Waals surface area contributed by atoms with Crippen LogP contribution >= 0.6 is 0 Å². The van der Waals surface area contributed by atoms with Gasteiger partial charge in [0.15, 0.2) is 0 Å². The third kappa shape index (κ3) is 1.72. The number of carboxylic acid groups (broad SMARTS) is 1. The van der Waals surface area contributed by atoms with Crippen molar-refractivity contribution in [2.45, 2.75) is 6.92 Å². The van der Waals surface area contributed by atoms with Crippen molar-refractivity contribution >= 4 is 5.97 Å². The molecule has 0 aromatic heterocycles. The number of phenols is 1. The van der Waals surface area contributed by atoms with Gasteiger partial charge in [-0.3, -0.25) is 0 Å². The quantitative estimate of drug-likeness (QED) is 0.725. The number of hydrogen-bond donors (Lipinski definition) is 2. The predicted molar refractivity (Wildman–Crippen MR) is 46.4 cm³/mol. The monoisotopic (exact) mass is 182 g/mol. The second-order valence-corrected chi connectivity index (χ2v) is 2.64. The summed E-state index contributed by atoms with van der Waals surface area (Å²) in [6, 6.07) is 2.66. The smallest absolute Gasteiger partial charge is 0.339 e. The maximum absolute atomic E-state index is 10.7. The van der Waals surface area contributed by atoms with Gasteiger partial charge in [-0.25, -0.2) is 4.79 Å². The fraction of sp³-hybridized carbons (Fsp3) is 0.222. The zero-order valence-corrected chi connectivity index (χ0v) is 7.37. The first-order chi connectivity index (χ1) is 6.06. The molecule has 0 fully saturated rings. The molecule has 13 heavy (non-hydrogen) atoms. The number of aromatic hydroxyl groups is 1. The molecule has 2 N–H and O–H groups in total. The van der Waals surface area contributed by atoms with Crippen LogP contribution in [0.5, 0.6) is 11.5 Å². The molecule has 1 aromatic carbocycles. The molecule has 0 aliphatic heterocycles. The molecule has 70 valence electrons. The average Bonchev–Trinajstić information content (AvgIpc) is 2.08. The Morgan fingerprint density at radius 3 is 2.54 bits per heavy atom. The summed E-state index contributed by atoms with van der Waals surface area (Å²) in [5, 5.41) is 18.0. The third-order valence-electron chi connectivity index (χ3n) is 1.75.